The molecule has 8 nitrogen and oxygen atoms in total. The number of hydrogen-bond donors (Lipinski definition) is 5. The highest BCUT2D eigenvalue weighted by Gasteiger charge is 2.22. The summed E-state index contributed by atoms with van der Waals surface area (Å²) in [5.41, 5.74) is 14.5. The summed E-state index contributed by atoms with van der Waals surface area (Å²) in [4.78, 5) is 23.9. The van der Waals surface area contributed by atoms with E-state index in [1.54, 1.807) is 18.3 Å². The van der Waals surface area contributed by atoms with Crippen molar-refractivity contribution in [3.8, 4) is 0 Å². The Morgan fingerprint density at radius 1 is 1.22 bits per heavy atom. The number of primary amides is 1. The second-order valence-electron chi connectivity index (χ2n) is 6.92. The third-order valence-corrected chi connectivity index (χ3v) is 4.97. The second kappa shape index (κ2) is 7.24. The van der Waals surface area contributed by atoms with Crippen molar-refractivity contribution in [3.63, 3.8) is 0 Å². The minimum atomic E-state index is -0.542. The monoisotopic (exact) mass is 365 g/mol. The van der Waals surface area contributed by atoms with Crippen LogP contribution in [0.3, 0.4) is 0 Å². The molecule has 1 amide bonds. The number of nitrogens with zero attached hydrogens (tertiary/aromatic N) is 2. The number of pyridine rings is 2. The fraction of sp³-hybridized carbons (Fsp3) is 0.316. The van der Waals surface area contributed by atoms with Crippen LogP contribution in [0.5, 0.6) is 0 Å². The first-order valence-corrected chi connectivity index (χ1v) is 9.13. The maximum Gasteiger partial charge on any atom is 0.252 e. The lowest BCUT2D eigenvalue weighted by Crippen LogP contribution is -2.42. The van der Waals surface area contributed by atoms with Gasteiger partial charge in [0.1, 0.15) is 11.6 Å². The van der Waals surface area contributed by atoms with Crippen molar-refractivity contribution >= 4 is 34.3 Å². The Kier molecular flexibility index (Phi) is 4.64. The normalized spacial score (nSPS) is 19.7. The van der Waals surface area contributed by atoms with Crippen LogP contribution in [0.15, 0.2) is 36.7 Å². The number of H-pyrrole nitrogens is 1. The van der Waals surface area contributed by atoms with Crippen LogP contribution < -0.4 is 22.1 Å². The van der Waals surface area contributed by atoms with E-state index in [2.05, 4.69) is 25.6 Å². The van der Waals surface area contributed by atoms with E-state index in [9.17, 15) is 4.79 Å². The Bertz CT molecular complexity index is 968. The molecule has 2 atom stereocenters. The highest BCUT2D eigenvalue weighted by molar-refractivity contribution is 5.98. The third-order valence-electron chi connectivity index (χ3n) is 4.97. The average Bonchev–Trinajstić information content (AvgIpc) is 3.11. The Hall–Kier alpha value is -3.13. The number of carbonyl (C=O) groups is 1. The average molecular weight is 365 g/mol. The Labute approximate surface area is 156 Å². The zero-order valence-corrected chi connectivity index (χ0v) is 14.9. The van der Waals surface area contributed by atoms with E-state index in [0.29, 0.717) is 22.9 Å². The minimum absolute atomic E-state index is 0.104. The van der Waals surface area contributed by atoms with E-state index >= 15 is 0 Å². The Morgan fingerprint density at radius 3 is 2.89 bits per heavy atom. The summed E-state index contributed by atoms with van der Waals surface area (Å²) in [6.07, 6.45) is 7.85. The van der Waals surface area contributed by atoms with Crippen LogP contribution in [0.1, 0.15) is 36.0 Å². The molecular formula is C19H23N7O. The minimum Gasteiger partial charge on any atom is -0.366 e. The molecule has 8 heteroatoms. The molecule has 1 aliphatic carbocycles. The van der Waals surface area contributed by atoms with Crippen molar-refractivity contribution < 1.29 is 4.79 Å². The number of aromatic nitrogens is 3. The van der Waals surface area contributed by atoms with Crippen molar-refractivity contribution in [2.24, 2.45) is 11.5 Å². The molecule has 3 aromatic heterocycles. The molecule has 4 rings (SSSR count). The summed E-state index contributed by atoms with van der Waals surface area (Å²) in [7, 11) is 0. The lowest BCUT2D eigenvalue weighted by atomic mass is 9.91. The first kappa shape index (κ1) is 17.3. The molecule has 1 aliphatic rings. The van der Waals surface area contributed by atoms with Gasteiger partial charge in [-0.05, 0) is 37.1 Å². The quantitative estimate of drug-likeness (QED) is 0.471. The largest absolute Gasteiger partial charge is 0.366 e. The van der Waals surface area contributed by atoms with Crippen molar-refractivity contribution in [1.29, 1.82) is 0 Å². The number of aromatic amines is 1. The summed E-state index contributed by atoms with van der Waals surface area (Å²) in [5, 5.41) is 6.56. The summed E-state index contributed by atoms with van der Waals surface area (Å²) < 4.78 is 0. The van der Waals surface area contributed by atoms with E-state index in [-0.39, 0.29) is 12.1 Å². The van der Waals surface area contributed by atoms with Gasteiger partial charge in [-0.25, -0.2) is 4.98 Å². The first-order chi connectivity index (χ1) is 13.1. The zero-order valence-electron chi connectivity index (χ0n) is 14.9. The number of nitrogens with two attached hydrogens (primary N) is 2. The highest BCUT2D eigenvalue weighted by Crippen LogP contribution is 2.25. The molecule has 7 N–H and O–H groups in total. The van der Waals surface area contributed by atoms with E-state index in [4.69, 9.17) is 11.5 Å². The molecule has 0 saturated heterocycles. The maximum atomic E-state index is 11.8. The van der Waals surface area contributed by atoms with Gasteiger partial charge in [0.25, 0.3) is 5.91 Å². The Morgan fingerprint density at radius 2 is 2.07 bits per heavy atom. The number of hydrogen-bond acceptors (Lipinski definition) is 6. The molecule has 0 aliphatic heterocycles. The van der Waals surface area contributed by atoms with Crippen LogP contribution in [0.25, 0.3) is 11.0 Å². The standard InChI is InChI=1S/C19H23N7O/c20-13-3-1-2-4-14(13)25-17-6-5-12(18(21)27)19(26-17)24-11-9-16-15(23-10-11)7-8-22-16/h5-10,13-14,22H,1-4,20H2,(H2,21,27)(H2,24,25,26)/t13-,14+/m0/s1. The van der Waals surface area contributed by atoms with Crippen LogP contribution in [0.4, 0.5) is 17.3 Å². The summed E-state index contributed by atoms with van der Waals surface area (Å²) in [6, 6.07) is 7.52. The van der Waals surface area contributed by atoms with Gasteiger partial charge < -0.3 is 27.1 Å². The fourth-order valence-corrected chi connectivity index (χ4v) is 3.50. The Balaban J connectivity index is 1.61. The second-order valence-corrected chi connectivity index (χ2v) is 6.92. The SMILES string of the molecule is NC(=O)c1ccc(N[C@@H]2CCCC[C@@H]2N)nc1Nc1cnc2cc[nH]c2c1. The van der Waals surface area contributed by atoms with Gasteiger partial charge in [-0.15, -0.1) is 0 Å². The van der Waals surface area contributed by atoms with Gasteiger partial charge in [0, 0.05) is 18.3 Å². The van der Waals surface area contributed by atoms with Crippen molar-refractivity contribution in [2.45, 2.75) is 37.8 Å². The van der Waals surface area contributed by atoms with Crippen LogP contribution in [-0.2, 0) is 0 Å². The van der Waals surface area contributed by atoms with Gasteiger partial charge in [0.15, 0.2) is 0 Å². The van der Waals surface area contributed by atoms with Gasteiger partial charge >= 0.3 is 0 Å². The van der Waals surface area contributed by atoms with Crippen molar-refractivity contribution in [3.05, 3.63) is 42.2 Å². The van der Waals surface area contributed by atoms with E-state index in [1.165, 1.54) is 0 Å². The molecule has 0 unspecified atom stereocenters. The molecule has 27 heavy (non-hydrogen) atoms. The predicted octanol–water partition coefficient (Wildman–Crippen LogP) is 2.48. The lowest BCUT2D eigenvalue weighted by molar-refractivity contribution is 0.100. The number of fused-ring (bicyclic) bond motifs is 1. The van der Waals surface area contributed by atoms with Gasteiger partial charge in [0.05, 0.1) is 28.5 Å². The molecule has 0 aromatic carbocycles. The van der Waals surface area contributed by atoms with Crippen molar-refractivity contribution in [2.75, 3.05) is 10.6 Å². The van der Waals surface area contributed by atoms with E-state index in [1.807, 2.05) is 18.3 Å². The molecule has 3 heterocycles. The number of amides is 1. The topological polar surface area (TPSA) is 135 Å². The molecule has 0 spiro atoms. The van der Waals surface area contributed by atoms with Gasteiger partial charge in [-0.2, -0.15) is 0 Å². The molecule has 1 fully saturated rings. The summed E-state index contributed by atoms with van der Waals surface area (Å²) in [6.45, 7) is 0. The van der Waals surface area contributed by atoms with Crippen LogP contribution in [0.2, 0.25) is 0 Å². The molecular weight excluding hydrogens is 342 g/mol. The van der Waals surface area contributed by atoms with E-state index in [0.717, 1.165) is 36.7 Å². The third kappa shape index (κ3) is 3.70. The summed E-state index contributed by atoms with van der Waals surface area (Å²) >= 11 is 0. The molecule has 0 bridgehead atoms. The number of rotatable bonds is 5. The number of nitrogens with one attached hydrogen (secondary N) is 3. The van der Waals surface area contributed by atoms with Crippen molar-refractivity contribution in [1.82, 2.24) is 15.0 Å². The van der Waals surface area contributed by atoms with Crippen LogP contribution >= 0.6 is 0 Å². The highest BCUT2D eigenvalue weighted by atomic mass is 16.1. The molecule has 3 aromatic rings. The van der Waals surface area contributed by atoms with Crippen LogP contribution in [-0.4, -0.2) is 32.9 Å². The fourth-order valence-electron chi connectivity index (χ4n) is 3.50. The van der Waals surface area contributed by atoms with Crippen LogP contribution in [0, 0.1) is 0 Å². The van der Waals surface area contributed by atoms with Gasteiger partial charge in [-0.3, -0.25) is 9.78 Å². The predicted molar refractivity (Wildman–Crippen MR) is 106 cm³/mol. The number of carbonyl (C=O) groups excluding carboxylic acids is 1. The van der Waals surface area contributed by atoms with E-state index < -0.39 is 5.91 Å². The maximum absolute atomic E-state index is 11.8. The molecule has 140 valence electrons. The molecule has 1 saturated carbocycles. The van der Waals surface area contributed by atoms with Gasteiger partial charge in [-0.1, -0.05) is 12.8 Å². The first-order valence-electron chi connectivity index (χ1n) is 9.13. The number of anilines is 3. The lowest BCUT2D eigenvalue weighted by Gasteiger charge is -2.29. The summed E-state index contributed by atoms with van der Waals surface area (Å²) in [5.74, 6) is 0.517. The molecule has 0 radical (unpaired) electrons. The zero-order chi connectivity index (χ0) is 18.8. The smallest absolute Gasteiger partial charge is 0.252 e. The van der Waals surface area contributed by atoms with Gasteiger partial charge in [0.2, 0.25) is 0 Å².